The Bertz CT molecular complexity index is 886. The quantitative estimate of drug-likeness (QED) is 0.623. The number of hydrogen-bond donors (Lipinski definition) is 2. The minimum absolute atomic E-state index is 0.0435. The van der Waals surface area contributed by atoms with Gasteiger partial charge < -0.3 is 10.6 Å². The molecule has 0 amide bonds. The van der Waals surface area contributed by atoms with Crippen molar-refractivity contribution in [2.24, 2.45) is 0 Å². The van der Waals surface area contributed by atoms with Crippen LogP contribution in [0.15, 0.2) is 48.7 Å². The van der Waals surface area contributed by atoms with Crippen LogP contribution in [0.4, 0.5) is 27.5 Å². The van der Waals surface area contributed by atoms with Gasteiger partial charge in [0.05, 0.1) is 5.02 Å². The molecule has 3 rings (SSSR count). The van der Waals surface area contributed by atoms with Crippen LogP contribution in [-0.2, 0) is 0 Å². The average molecular weight is 363 g/mol. The Balaban J connectivity index is 1.81. The van der Waals surface area contributed by atoms with Crippen molar-refractivity contribution in [3.8, 4) is 0 Å². The Kier molecular flexibility index (Phi) is 4.83. The number of aromatic nitrogens is 2. The van der Waals surface area contributed by atoms with E-state index in [-0.39, 0.29) is 5.02 Å². The Hall–Kier alpha value is -2.37. The molecule has 0 aliphatic rings. The Labute approximate surface area is 148 Å². The van der Waals surface area contributed by atoms with Gasteiger partial charge in [0.1, 0.15) is 11.6 Å². The lowest BCUT2D eigenvalue weighted by atomic mass is 10.2. The van der Waals surface area contributed by atoms with E-state index in [4.69, 9.17) is 23.2 Å². The fourth-order valence-corrected chi connectivity index (χ4v) is 2.41. The van der Waals surface area contributed by atoms with E-state index >= 15 is 0 Å². The van der Waals surface area contributed by atoms with E-state index in [1.807, 2.05) is 19.1 Å². The van der Waals surface area contributed by atoms with Crippen molar-refractivity contribution < 1.29 is 4.39 Å². The standard InChI is InChI=1S/C17H13Cl2FN4/c1-10-2-3-11(18)8-15(10)23-17-21-7-6-16(24-17)22-12-4-5-14(20)13(19)9-12/h2-9H,1H3,(H2,21,22,23,24). The predicted molar refractivity (Wildman–Crippen MR) is 96.2 cm³/mol. The van der Waals surface area contributed by atoms with E-state index in [1.54, 1.807) is 24.4 Å². The van der Waals surface area contributed by atoms with Gasteiger partial charge in [0, 0.05) is 22.6 Å². The molecule has 1 aromatic heterocycles. The average Bonchev–Trinajstić information content (AvgIpc) is 2.55. The molecule has 0 aliphatic carbocycles. The summed E-state index contributed by atoms with van der Waals surface area (Å²) >= 11 is 11.8. The third-order valence-corrected chi connectivity index (χ3v) is 3.82. The largest absolute Gasteiger partial charge is 0.340 e. The van der Waals surface area contributed by atoms with Crippen LogP contribution < -0.4 is 10.6 Å². The van der Waals surface area contributed by atoms with Gasteiger partial charge in [-0.2, -0.15) is 4.98 Å². The maximum absolute atomic E-state index is 13.2. The topological polar surface area (TPSA) is 49.8 Å². The van der Waals surface area contributed by atoms with E-state index < -0.39 is 5.82 Å². The second-order valence-corrected chi connectivity index (χ2v) is 5.95. The fourth-order valence-electron chi connectivity index (χ4n) is 2.06. The highest BCUT2D eigenvalue weighted by atomic mass is 35.5. The number of nitrogens with one attached hydrogen (secondary N) is 2. The number of benzene rings is 2. The number of nitrogens with zero attached hydrogens (tertiary/aromatic N) is 2. The second kappa shape index (κ2) is 7.03. The monoisotopic (exact) mass is 362 g/mol. The summed E-state index contributed by atoms with van der Waals surface area (Å²) in [4.78, 5) is 8.56. The Morgan fingerprint density at radius 3 is 2.62 bits per heavy atom. The molecule has 122 valence electrons. The van der Waals surface area contributed by atoms with Crippen LogP contribution in [0, 0.1) is 12.7 Å². The van der Waals surface area contributed by atoms with E-state index in [0.717, 1.165) is 11.3 Å². The van der Waals surface area contributed by atoms with E-state index in [2.05, 4.69) is 20.6 Å². The van der Waals surface area contributed by atoms with Gasteiger partial charge in [-0.15, -0.1) is 0 Å². The summed E-state index contributed by atoms with van der Waals surface area (Å²) in [5.74, 6) is 0.497. The molecule has 0 fully saturated rings. The zero-order valence-corrected chi connectivity index (χ0v) is 14.2. The fraction of sp³-hybridized carbons (Fsp3) is 0.0588. The van der Waals surface area contributed by atoms with Crippen molar-refractivity contribution in [3.63, 3.8) is 0 Å². The zero-order chi connectivity index (χ0) is 17.1. The maximum Gasteiger partial charge on any atom is 0.229 e. The van der Waals surface area contributed by atoms with Gasteiger partial charge in [0.15, 0.2) is 0 Å². The summed E-state index contributed by atoms with van der Waals surface area (Å²) < 4.78 is 13.2. The first-order valence-corrected chi connectivity index (χ1v) is 7.85. The van der Waals surface area contributed by atoms with Crippen LogP contribution in [-0.4, -0.2) is 9.97 Å². The summed E-state index contributed by atoms with van der Waals surface area (Å²) in [6.45, 7) is 1.96. The van der Waals surface area contributed by atoms with Crippen LogP contribution >= 0.6 is 23.2 Å². The van der Waals surface area contributed by atoms with Gasteiger partial charge in [0.2, 0.25) is 5.95 Å². The molecule has 3 aromatic rings. The molecule has 0 bridgehead atoms. The van der Waals surface area contributed by atoms with Crippen molar-refractivity contribution in [2.75, 3.05) is 10.6 Å². The summed E-state index contributed by atoms with van der Waals surface area (Å²) in [5.41, 5.74) is 2.47. The highest BCUT2D eigenvalue weighted by Crippen LogP contribution is 2.24. The molecule has 0 unspecified atom stereocenters. The summed E-state index contributed by atoms with van der Waals surface area (Å²) in [7, 11) is 0. The van der Waals surface area contributed by atoms with Gasteiger partial charge in [-0.05, 0) is 48.9 Å². The second-order valence-electron chi connectivity index (χ2n) is 5.10. The third kappa shape index (κ3) is 3.93. The summed E-state index contributed by atoms with van der Waals surface area (Å²) in [6, 6.07) is 11.6. The minimum Gasteiger partial charge on any atom is -0.340 e. The first-order chi connectivity index (χ1) is 11.5. The van der Waals surface area contributed by atoms with Crippen molar-refractivity contribution in [1.29, 1.82) is 0 Å². The zero-order valence-electron chi connectivity index (χ0n) is 12.6. The van der Waals surface area contributed by atoms with Gasteiger partial charge in [-0.1, -0.05) is 29.3 Å². The molecule has 0 spiro atoms. The molecule has 24 heavy (non-hydrogen) atoms. The molecule has 4 nitrogen and oxygen atoms in total. The van der Waals surface area contributed by atoms with Crippen molar-refractivity contribution in [1.82, 2.24) is 9.97 Å². The van der Waals surface area contributed by atoms with Gasteiger partial charge in [-0.3, -0.25) is 0 Å². The first kappa shape index (κ1) is 16.5. The molecule has 7 heteroatoms. The van der Waals surface area contributed by atoms with E-state index in [0.29, 0.717) is 22.5 Å². The number of halogens is 3. The number of hydrogen-bond acceptors (Lipinski definition) is 4. The Morgan fingerprint density at radius 1 is 1.00 bits per heavy atom. The molecule has 0 atom stereocenters. The van der Waals surface area contributed by atoms with Crippen molar-refractivity contribution >= 4 is 46.3 Å². The maximum atomic E-state index is 13.2. The van der Waals surface area contributed by atoms with E-state index in [9.17, 15) is 4.39 Å². The lowest BCUT2D eigenvalue weighted by Gasteiger charge is -2.10. The summed E-state index contributed by atoms with van der Waals surface area (Å²) in [5, 5.41) is 6.85. The van der Waals surface area contributed by atoms with Crippen molar-refractivity contribution in [2.45, 2.75) is 6.92 Å². The molecule has 0 radical (unpaired) electrons. The van der Waals surface area contributed by atoms with Crippen LogP contribution in [0.25, 0.3) is 0 Å². The van der Waals surface area contributed by atoms with Crippen LogP contribution in [0.5, 0.6) is 0 Å². The molecule has 0 aliphatic heterocycles. The number of rotatable bonds is 4. The normalized spacial score (nSPS) is 10.5. The van der Waals surface area contributed by atoms with Gasteiger partial charge >= 0.3 is 0 Å². The van der Waals surface area contributed by atoms with Crippen LogP contribution in [0.2, 0.25) is 10.0 Å². The van der Waals surface area contributed by atoms with E-state index in [1.165, 1.54) is 12.1 Å². The van der Waals surface area contributed by atoms with Gasteiger partial charge in [-0.25, -0.2) is 9.37 Å². The molecule has 2 N–H and O–H groups in total. The third-order valence-electron chi connectivity index (χ3n) is 3.29. The molecule has 0 saturated carbocycles. The lowest BCUT2D eigenvalue weighted by molar-refractivity contribution is 0.628. The molecule has 1 heterocycles. The highest BCUT2D eigenvalue weighted by Gasteiger charge is 2.05. The molecular formula is C17H13Cl2FN4. The highest BCUT2D eigenvalue weighted by molar-refractivity contribution is 6.31. The number of aryl methyl sites for hydroxylation is 1. The van der Waals surface area contributed by atoms with Crippen LogP contribution in [0.1, 0.15) is 5.56 Å². The SMILES string of the molecule is Cc1ccc(Cl)cc1Nc1nccc(Nc2ccc(F)c(Cl)c2)n1. The lowest BCUT2D eigenvalue weighted by Crippen LogP contribution is -2.01. The molecule has 0 saturated heterocycles. The summed E-state index contributed by atoms with van der Waals surface area (Å²) in [6.07, 6.45) is 1.61. The van der Waals surface area contributed by atoms with Crippen molar-refractivity contribution in [3.05, 3.63) is 70.1 Å². The smallest absolute Gasteiger partial charge is 0.229 e. The number of anilines is 4. The van der Waals surface area contributed by atoms with Crippen LogP contribution in [0.3, 0.4) is 0 Å². The first-order valence-electron chi connectivity index (χ1n) is 7.09. The molecule has 2 aromatic carbocycles. The Morgan fingerprint density at radius 2 is 1.83 bits per heavy atom. The minimum atomic E-state index is -0.469. The molecular weight excluding hydrogens is 350 g/mol. The predicted octanol–water partition coefficient (Wildman–Crippen LogP) is 5.72. The van der Waals surface area contributed by atoms with Gasteiger partial charge in [0.25, 0.3) is 0 Å².